The zero-order valence-electron chi connectivity index (χ0n) is 11.3. The highest BCUT2D eigenvalue weighted by atomic mass is 32.1. The number of hydrogen-bond acceptors (Lipinski definition) is 4. The standard InChI is InChI=1S/C13H19N3O2S/c1-9-3-5-16(6-4-9)12(18)7-11-8-19-13(15-11)14-10(2)17/h8-9H,3-7H2,1-2H3,(H,14,15,17). The second-order valence-corrected chi connectivity index (χ2v) is 5.92. The van der Waals surface area contributed by atoms with Crippen molar-refractivity contribution >= 4 is 28.3 Å². The number of carbonyl (C=O) groups is 2. The van der Waals surface area contributed by atoms with Crippen LogP contribution in [-0.4, -0.2) is 34.8 Å². The third kappa shape index (κ3) is 4.02. The molecular formula is C13H19N3O2S. The average Bonchev–Trinajstić information content (AvgIpc) is 2.76. The summed E-state index contributed by atoms with van der Waals surface area (Å²) in [6.45, 7) is 5.37. The molecule has 1 N–H and O–H groups in total. The van der Waals surface area contributed by atoms with Gasteiger partial charge in [-0.3, -0.25) is 9.59 Å². The molecule has 1 aliphatic rings. The van der Waals surface area contributed by atoms with Crippen LogP contribution in [-0.2, 0) is 16.0 Å². The Bertz CT molecular complexity index is 464. The van der Waals surface area contributed by atoms with Crippen LogP contribution < -0.4 is 5.32 Å². The SMILES string of the molecule is CC(=O)Nc1nc(CC(=O)N2CCC(C)CC2)cs1. The molecule has 1 saturated heterocycles. The summed E-state index contributed by atoms with van der Waals surface area (Å²) in [5.41, 5.74) is 0.734. The maximum Gasteiger partial charge on any atom is 0.228 e. The molecule has 0 atom stereocenters. The molecule has 0 aliphatic carbocycles. The fourth-order valence-electron chi connectivity index (χ4n) is 2.12. The van der Waals surface area contributed by atoms with E-state index in [1.807, 2.05) is 10.3 Å². The number of thiazole rings is 1. The molecule has 0 saturated carbocycles. The summed E-state index contributed by atoms with van der Waals surface area (Å²) in [5, 5.41) is 5.01. The van der Waals surface area contributed by atoms with Gasteiger partial charge in [-0.05, 0) is 18.8 Å². The highest BCUT2D eigenvalue weighted by Crippen LogP contribution is 2.19. The van der Waals surface area contributed by atoms with Crippen molar-refractivity contribution in [2.45, 2.75) is 33.1 Å². The van der Waals surface area contributed by atoms with E-state index < -0.39 is 0 Å². The molecular weight excluding hydrogens is 262 g/mol. The molecule has 6 heteroatoms. The summed E-state index contributed by atoms with van der Waals surface area (Å²) in [7, 11) is 0. The smallest absolute Gasteiger partial charge is 0.228 e. The van der Waals surface area contributed by atoms with Crippen molar-refractivity contribution in [3.63, 3.8) is 0 Å². The lowest BCUT2D eigenvalue weighted by molar-refractivity contribution is -0.131. The summed E-state index contributed by atoms with van der Waals surface area (Å²) in [6, 6.07) is 0. The second kappa shape index (κ2) is 6.14. The molecule has 0 aromatic carbocycles. The molecule has 1 fully saturated rings. The third-order valence-corrected chi connectivity index (χ3v) is 4.11. The fourth-order valence-corrected chi connectivity index (χ4v) is 2.88. The summed E-state index contributed by atoms with van der Waals surface area (Å²) in [6.07, 6.45) is 2.49. The van der Waals surface area contributed by atoms with Gasteiger partial charge in [-0.1, -0.05) is 6.92 Å². The Balaban J connectivity index is 1.88. The molecule has 1 aromatic heterocycles. The molecule has 1 aromatic rings. The second-order valence-electron chi connectivity index (χ2n) is 5.07. The van der Waals surface area contributed by atoms with Crippen molar-refractivity contribution < 1.29 is 9.59 Å². The van der Waals surface area contributed by atoms with E-state index >= 15 is 0 Å². The van der Waals surface area contributed by atoms with Crippen molar-refractivity contribution in [1.82, 2.24) is 9.88 Å². The van der Waals surface area contributed by atoms with Crippen LogP contribution in [0.15, 0.2) is 5.38 Å². The third-order valence-electron chi connectivity index (χ3n) is 3.30. The Hall–Kier alpha value is -1.43. The molecule has 0 spiro atoms. The monoisotopic (exact) mass is 281 g/mol. The van der Waals surface area contributed by atoms with Crippen LogP contribution in [0.3, 0.4) is 0 Å². The zero-order valence-corrected chi connectivity index (χ0v) is 12.1. The van der Waals surface area contributed by atoms with E-state index in [-0.39, 0.29) is 11.8 Å². The number of carbonyl (C=O) groups excluding carboxylic acids is 2. The number of amides is 2. The van der Waals surface area contributed by atoms with Gasteiger partial charge in [0.1, 0.15) is 0 Å². The Morgan fingerprint density at radius 3 is 2.79 bits per heavy atom. The largest absolute Gasteiger partial charge is 0.342 e. The van der Waals surface area contributed by atoms with Gasteiger partial charge in [-0.15, -0.1) is 11.3 Å². The number of nitrogens with one attached hydrogen (secondary N) is 1. The Morgan fingerprint density at radius 1 is 1.47 bits per heavy atom. The molecule has 19 heavy (non-hydrogen) atoms. The van der Waals surface area contributed by atoms with Gasteiger partial charge in [0.25, 0.3) is 0 Å². The highest BCUT2D eigenvalue weighted by molar-refractivity contribution is 7.13. The first kappa shape index (κ1) is 14.0. The van der Waals surface area contributed by atoms with Gasteiger partial charge in [0.2, 0.25) is 11.8 Å². The van der Waals surface area contributed by atoms with E-state index in [1.165, 1.54) is 18.3 Å². The molecule has 2 amide bonds. The average molecular weight is 281 g/mol. The molecule has 2 heterocycles. The van der Waals surface area contributed by atoms with Crippen LogP contribution in [0.2, 0.25) is 0 Å². The van der Waals surface area contributed by atoms with Gasteiger partial charge in [-0.25, -0.2) is 4.98 Å². The van der Waals surface area contributed by atoms with Crippen LogP contribution in [0.25, 0.3) is 0 Å². The van der Waals surface area contributed by atoms with Crippen molar-refractivity contribution in [2.24, 2.45) is 5.92 Å². The van der Waals surface area contributed by atoms with Gasteiger partial charge in [-0.2, -0.15) is 0 Å². The first-order valence-electron chi connectivity index (χ1n) is 6.54. The van der Waals surface area contributed by atoms with E-state index in [2.05, 4.69) is 17.2 Å². The zero-order chi connectivity index (χ0) is 13.8. The number of anilines is 1. The van der Waals surface area contributed by atoms with Crippen LogP contribution >= 0.6 is 11.3 Å². The topological polar surface area (TPSA) is 62.3 Å². The molecule has 1 aliphatic heterocycles. The van der Waals surface area contributed by atoms with E-state index in [9.17, 15) is 9.59 Å². The minimum Gasteiger partial charge on any atom is -0.342 e. The fraction of sp³-hybridized carbons (Fsp3) is 0.615. The van der Waals surface area contributed by atoms with E-state index in [1.54, 1.807) is 0 Å². The predicted molar refractivity (Wildman–Crippen MR) is 75.1 cm³/mol. The van der Waals surface area contributed by atoms with Crippen molar-refractivity contribution in [1.29, 1.82) is 0 Å². The normalized spacial score (nSPS) is 16.4. The Kier molecular flexibility index (Phi) is 4.52. The predicted octanol–water partition coefficient (Wildman–Crippen LogP) is 1.90. The van der Waals surface area contributed by atoms with Crippen LogP contribution in [0.1, 0.15) is 32.4 Å². The lowest BCUT2D eigenvalue weighted by Crippen LogP contribution is -2.38. The molecule has 0 bridgehead atoms. The first-order valence-corrected chi connectivity index (χ1v) is 7.42. The molecule has 104 valence electrons. The summed E-state index contributed by atoms with van der Waals surface area (Å²) < 4.78 is 0. The van der Waals surface area contributed by atoms with Crippen molar-refractivity contribution in [3.8, 4) is 0 Å². The van der Waals surface area contributed by atoms with Crippen LogP contribution in [0, 0.1) is 5.92 Å². The number of likely N-dealkylation sites (tertiary alicyclic amines) is 1. The summed E-state index contributed by atoms with van der Waals surface area (Å²) in [4.78, 5) is 29.2. The lowest BCUT2D eigenvalue weighted by Gasteiger charge is -2.30. The van der Waals surface area contributed by atoms with Crippen molar-refractivity contribution in [3.05, 3.63) is 11.1 Å². The van der Waals surface area contributed by atoms with E-state index in [0.717, 1.165) is 37.5 Å². The van der Waals surface area contributed by atoms with Gasteiger partial charge in [0.15, 0.2) is 5.13 Å². The van der Waals surface area contributed by atoms with E-state index in [0.29, 0.717) is 11.6 Å². The number of hydrogen-bond donors (Lipinski definition) is 1. The first-order chi connectivity index (χ1) is 9.04. The van der Waals surface area contributed by atoms with Gasteiger partial charge < -0.3 is 10.2 Å². The number of rotatable bonds is 3. The maximum atomic E-state index is 12.1. The summed E-state index contributed by atoms with van der Waals surface area (Å²) in [5.74, 6) is 0.707. The number of nitrogens with zero attached hydrogens (tertiary/aromatic N) is 2. The summed E-state index contributed by atoms with van der Waals surface area (Å²) >= 11 is 1.35. The Labute approximate surface area is 117 Å². The lowest BCUT2D eigenvalue weighted by atomic mass is 9.99. The molecule has 2 rings (SSSR count). The van der Waals surface area contributed by atoms with Gasteiger partial charge in [0, 0.05) is 25.4 Å². The minimum atomic E-state index is -0.141. The van der Waals surface area contributed by atoms with E-state index in [4.69, 9.17) is 0 Å². The Morgan fingerprint density at radius 2 is 2.16 bits per heavy atom. The quantitative estimate of drug-likeness (QED) is 0.920. The number of aromatic nitrogens is 1. The highest BCUT2D eigenvalue weighted by Gasteiger charge is 2.21. The van der Waals surface area contributed by atoms with Crippen molar-refractivity contribution in [2.75, 3.05) is 18.4 Å². The molecule has 5 nitrogen and oxygen atoms in total. The van der Waals surface area contributed by atoms with Gasteiger partial charge in [0.05, 0.1) is 12.1 Å². The maximum absolute atomic E-state index is 12.1. The number of piperidine rings is 1. The van der Waals surface area contributed by atoms with Crippen LogP contribution in [0.5, 0.6) is 0 Å². The molecule has 0 unspecified atom stereocenters. The minimum absolute atomic E-state index is 0.131. The molecule has 0 radical (unpaired) electrons. The van der Waals surface area contributed by atoms with Gasteiger partial charge >= 0.3 is 0 Å². The van der Waals surface area contributed by atoms with Crippen LogP contribution in [0.4, 0.5) is 5.13 Å².